The predicted octanol–water partition coefficient (Wildman–Crippen LogP) is 2.24. The first kappa shape index (κ1) is 15.9. The van der Waals surface area contributed by atoms with E-state index in [1.807, 2.05) is 36.2 Å². The van der Waals surface area contributed by atoms with Gasteiger partial charge in [-0.1, -0.05) is 36.5 Å². The fourth-order valence-corrected chi connectivity index (χ4v) is 3.75. The zero-order chi connectivity index (χ0) is 15.1. The van der Waals surface area contributed by atoms with E-state index in [1.54, 1.807) is 11.8 Å². The summed E-state index contributed by atoms with van der Waals surface area (Å²) in [6, 6.07) is 7.95. The lowest BCUT2D eigenvalue weighted by atomic mass is 10.1. The molecular formula is C17H22N2OS. The fourth-order valence-electron chi connectivity index (χ4n) is 2.44. The first-order valence-corrected chi connectivity index (χ1v) is 8.40. The van der Waals surface area contributed by atoms with Gasteiger partial charge in [-0.2, -0.15) is 0 Å². The zero-order valence-electron chi connectivity index (χ0n) is 12.5. The average molecular weight is 302 g/mol. The SMILES string of the molecule is CN(Cc1ccccc1C#CCN)C(=O)C1CCCCS1. The van der Waals surface area contributed by atoms with Gasteiger partial charge in [-0.25, -0.2) is 0 Å². The van der Waals surface area contributed by atoms with E-state index in [4.69, 9.17) is 5.73 Å². The number of amides is 1. The molecule has 2 rings (SSSR count). The van der Waals surface area contributed by atoms with Crippen molar-refractivity contribution < 1.29 is 4.79 Å². The van der Waals surface area contributed by atoms with Gasteiger partial charge < -0.3 is 10.6 Å². The lowest BCUT2D eigenvalue weighted by Gasteiger charge is -2.26. The van der Waals surface area contributed by atoms with E-state index in [9.17, 15) is 4.79 Å². The lowest BCUT2D eigenvalue weighted by Crippen LogP contribution is -2.35. The van der Waals surface area contributed by atoms with Crippen molar-refractivity contribution in [1.82, 2.24) is 4.90 Å². The fraction of sp³-hybridized carbons (Fsp3) is 0.471. The van der Waals surface area contributed by atoms with Crippen LogP contribution in [0.5, 0.6) is 0 Å². The Bertz CT molecular complexity index is 541. The van der Waals surface area contributed by atoms with Crippen molar-refractivity contribution >= 4 is 17.7 Å². The van der Waals surface area contributed by atoms with E-state index in [0.29, 0.717) is 13.1 Å². The summed E-state index contributed by atoms with van der Waals surface area (Å²) >= 11 is 1.79. The number of hydrogen-bond donors (Lipinski definition) is 1. The highest BCUT2D eigenvalue weighted by molar-refractivity contribution is 8.00. The molecule has 0 saturated carbocycles. The number of thioether (sulfide) groups is 1. The molecule has 1 aliphatic heterocycles. The summed E-state index contributed by atoms with van der Waals surface area (Å²) in [4.78, 5) is 14.3. The van der Waals surface area contributed by atoms with Crippen molar-refractivity contribution in [2.45, 2.75) is 31.1 Å². The number of benzene rings is 1. The molecule has 1 amide bonds. The van der Waals surface area contributed by atoms with E-state index < -0.39 is 0 Å². The minimum absolute atomic E-state index is 0.131. The van der Waals surface area contributed by atoms with Crippen LogP contribution in [0.3, 0.4) is 0 Å². The van der Waals surface area contributed by atoms with Crippen molar-refractivity contribution in [3.63, 3.8) is 0 Å². The maximum atomic E-state index is 12.5. The van der Waals surface area contributed by atoms with Crippen LogP contribution in [0.1, 0.15) is 30.4 Å². The van der Waals surface area contributed by atoms with Gasteiger partial charge in [0, 0.05) is 19.2 Å². The number of carbonyl (C=O) groups is 1. The van der Waals surface area contributed by atoms with Gasteiger partial charge in [0.25, 0.3) is 0 Å². The second-order valence-electron chi connectivity index (χ2n) is 5.21. The number of carbonyl (C=O) groups excluding carboxylic acids is 1. The minimum Gasteiger partial charge on any atom is -0.340 e. The maximum absolute atomic E-state index is 12.5. The van der Waals surface area contributed by atoms with Gasteiger partial charge in [0.1, 0.15) is 0 Å². The molecule has 1 aromatic carbocycles. The van der Waals surface area contributed by atoms with Gasteiger partial charge in [0.05, 0.1) is 11.8 Å². The Morgan fingerprint density at radius 2 is 2.24 bits per heavy atom. The molecule has 1 atom stereocenters. The Kier molecular flexibility index (Phi) is 6.16. The summed E-state index contributed by atoms with van der Waals surface area (Å²) in [5.74, 6) is 7.30. The van der Waals surface area contributed by atoms with Crippen LogP contribution in [0.4, 0.5) is 0 Å². The van der Waals surface area contributed by atoms with E-state index in [0.717, 1.165) is 29.7 Å². The molecule has 0 aromatic heterocycles. The van der Waals surface area contributed by atoms with Gasteiger partial charge in [0.2, 0.25) is 5.91 Å². The highest BCUT2D eigenvalue weighted by Gasteiger charge is 2.24. The lowest BCUT2D eigenvalue weighted by molar-refractivity contribution is -0.130. The van der Waals surface area contributed by atoms with Gasteiger partial charge in [-0.3, -0.25) is 4.79 Å². The Balaban J connectivity index is 2.05. The molecule has 1 heterocycles. The number of hydrogen-bond acceptors (Lipinski definition) is 3. The zero-order valence-corrected chi connectivity index (χ0v) is 13.3. The molecule has 112 valence electrons. The minimum atomic E-state index is 0.131. The molecule has 1 saturated heterocycles. The Hall–Kier alpha value is -1.44. The van der Waals surface area contributed by atoms with E-state index in [2.05, 4.69) is 11.8 Å². The van der Waals surface area contributed by atoms with Crippen molar-refractivity contribution in [1.29, 1.82) is 0 Å². The van der Waals surface area contributed by atoms with Crippen LogP contribution >= 0.6 is 11.8 Å². The van der Waals surface area contributed by atoms with Crippen molar-refractivity contribution in [3.8, 4) is 11.8 Å². The van der Waals surface area contributed by atoms with Crippen LogP contribution in [-0.2, 0) is 11.3 Å². The van der Waals surface area contributed by atoms with E-state index in [1.165, 1.54) is 6.42 Å². The van der Waals surface area contributed by atoms with Crippen LogP contribution in [0.25, 0.3) is 0 Å². The average Bonchev–Trinajstić information content (AvgIpc) is 2.54. The largest absolute Gasteiger partial charge is 0.340 e. The van der Waals surface area contributed by atoms with Crippen LogP contribution in [-0.4, -0.2) is 35.4 Å². The third-order valence-corrected chi connectivity index (χ3v) is 4.95. The first-order valence-electron chi connectivity index (χ1n) is 7.36. The Morgan fingerprint density at radius 3 is 2.95 bits per heavy atom. The molecular weight excluding hydrogens is 280 g/mol. The van der Waals surface area contributed by atoms with Crippen LogP contribution in [0.2, 0.25) is 0 Å². The third-order valence-electron chi connectivity index (χ3n) is 3.58. The van der Waals surface area contributed by atoms with Gasteiger partial charge >= 0.3 is 0 Å². The number of rotatable bonds is 3. The molecule has 0 spiro atoms. The van der Waals surface area contributed by atoms with Crippen molar-refractivity contribution in [3.05, 3.63) is 35.4 Å². The maximum Gasteiger partial charge on any atom is 0.235 e. The number of nitrogens with zero attached hydrogens (tertiary/aromatic N) is 1. The Labute approximate surface area is 131 Å². The summed E-state index contributed by atoms with van der Waals surface area (Å²) in [6.45, 7) is 0.952. The topological polar surface area (TPSA) is 46.3 Å². The van der Waals surface area contributed by atoms with Crippen LogP contribution in [0.15, 0.2) is 24.3 Å². The Morgan fingerprint density at radius 1 is 1.43 bits per heavy atom. The molecule has 0 radical (unpaired) electrons. The molecule has 1 aliphatic rings. The molecule has 1 unspecified atom stereocenters. The first-order chi connectivity index (χ1) is 10.2. The number of nitrogens with two attached hydrogens (primary N) is 1. The van der Waals surface area contributed by atoms with Crippen molar-refractivity contribution in [2.75, 3.05) is 19.3 Å². The van der Waals surface area contributed by atoms with Crippen molar-refractivity contribution in [2.24, 2.45) is 5.73 Å². The van der Waals surface area contributed by atoms with E-state index >= 15 is 0 Å². The predicted molar refractivity (Wildman–Crippen MR) is 88.9 cm³/mol. The monoisotopic (exact) mass is 302 g/mol. The normalized spacial score (nSPS) is 17.7. The van der Waals surface area contributed by atoms with Gasteiger partial charge in [-0.05, 0) is 30.2 Å². The summed E-state index contributed by atoms with van der Waals surface area (Å²) in [7, 11) is 1.88. The highest BCUT2D eigenvalue weighted by atomic mass is 32.2. The molecule has 2 N–H and O–H groups in total. The summed E-state index contributed by atoms with van der Waals surface area (Å²) < 4.78 is 0. The summed E-state index contributed by atoms with van der Waals surface area (Å²) in [6.07, 6.45) is 3.40. The molecule has 3 nitrogen and oxygen atoms in total. The standard InChI is InChI=1S/C17H22N2OS/c1-19(17(20)16-10-4-5-12-21-16)13-15-8-3-2-7-14(15)9-6-11-18/h2-3,7-8,16H,4-5,10-13,18H2,1H3. The highest BCUT2D eigenvalue weighted by Crippen LogP contribution is 2.26. The molecule has 1 fully saturated rings. The van der Waals surface area contributed by atoms with E-state index in [-0.39, 0.29) is 11.2 Å². The quantitative estimate of drug-likeness (QED) is 0.871. The van der Waals surface area contributed by atoms with Gasteiger partial charge in [-0.15, -0.1) is 11.8 Å². The molecule has 1 aromatic rings. The third kappa shape index (κ3) is 4.52. The summed E-state index contributed by atoms with van der Waals surface area (Å²) in [5, 5.41) is 0.131. The van der Waals surface area contributed by atoms with Gasteiger partial charge in [0.15, 0.2) is 0 Å². The summed E-state index contributed by atoms with van der Waals surface area (Å²) in [5.41, 5.74) is 7.47. The molecule has 4 heteroatoms. The van der Waals surface area contributed by atoms with Crippen LogP contribution in [0, 0.1) is 11.8 Å². The molecule has 0 bridgehead atoms. The molecule has 0 aliphatic carbocycles. The smallest absolute Gasteiger partial charge is 0.235 e. The molecule has 21 heavy (non-hydrogen) atoms. The van der Waals surface area contributed by atoms with Crippen LogP contribution < -0.4 is 5.73 Å². The second kappa shape index (κ2) is 8.11. The second-order valence-corrected chi connectivity index (χ2v) is 6.52.